The molecule has 172 valence electrons. The minimum atomic E-state index is -3.46. The summed E-state index contributed by atoms with van der Waals surface area (Å²) in [6.07, 6.45) is 7.44. The predicted molar refractivity (Wildman–Crippen MR) is 121 cm³/mol. The molecule has 1 saturated carbocycles. The van der Waals surface area contributed by atoms with Gasteiger partial charge >= 0.3 is 0 Å². The fourth-order valence-electron chi connectivity index (χ4n) is 5.45. The molecule has 1 aromatic rings. The van der Waals surface area contributed by atoms with Crippen LogP contribution in [-0.4, -0.2) is 62.3 Å². The van der Waals surface area contributed by atoms with Crippen LogP contribution in [0.5, 0.6) is 0 Å². The van der Waals surface area contributed by atoms with E-state index < -0.39 is 10.0 Å². The molecular weight excluding hydrogens is 412 g/mol. The summed E-state index contributed by atoms with van der Waals surface area (Å²) in [6, 6.07) is 7.48. The molecule has 0 radical (unpaired) electrons. The molecule has 2 heterocycles. The largest absolute Gasteiger partial charge is 0.342 e. The van der Waals surface area contributed by atoms with Crippen molar-refractivity contribution in [2.24, 2.45) is 11.8 Å². The minimum absolute atomic E-state index is 0.0581. The first kappa shape index (κ1) is 22.7. The number of carbonyl (C=O) groups is 1. The molecule has 2 N–H and O–H groups in total. The SMILES string of the molecule is Cc1ccc(S(=O)(=O)N2CCC(C3NNCC3C(=O)N(C)C3CCCCC3)CC2)cc1. The summed E-state index contributed by atoms with van der Waals surface area (Å²) in [7, 11) is -1.50. The van der Waals surface area contributed by atoms with Crippen molar-refractivity contribution in [3.05, 3.63) is 29.8 Å². The number of carbonyl (C=O) groups excluding carboxylic acids is 1. The molecule has 4 rings (SSSR count). The molecule has 1 amide bonds. The highest BCUT2D eigenvalue weighted by Gasteiger charge is 2.42. The highest BCUT2D eigenvalue weighted by molar-refractivity contribution is 7.89. The van der Waals surface area contributed by atoms with Gasteiger partial charge < -0.3 is 4.90 Å². The first-order valence-corrected chi connectivity index (χ1v) is 13.1. The second kappa shape index (κ2) is 9.57. The van der Waals surface area contributed by atoms with Crippen molar-refractivity contribution in [1.29, 1.82) is 0 Å². The monoisotopic (exact) mass is 448 g/mol. The molecule has 1 aliphatic carbocycles. The summed E-state index contributed by atoms with van der Waals surface area (Å²) in [4.78, 5) is 15.6. The maximum absolute atomic E-state index is 13.3. The standard InChI is InChI=1S/C23H36N4O3S/c1-17-8-10-20(11-9-17)31(29,30)27-14-12-18(13-15-27)22-21(16-24-25-22)23(28)26(2)19-6-4-3-5-7-19/h8-11,18-19,21-22,24-25H,3-7,12-16H2,1-2H3. The van der Waals surface area contributed by atoms with Crippen molar-refractivity contribution in [3.63, 3.8) is 0 Å². The molecule has 31 heavy (non-hydrogen) atoms. The normalized spacial score (nSPS) is 26.8. The maximum atomic E-state index is 13.3. The summed E-state index contributed by atoms with van der Waals surface area (Å²) in [5.41, 5.74) is 7.59. The van der Waals surface area contributed by atoms with Crippen molar-refractivity contribution in [2.75, 3.05) is 26.7 Å². The lowest BCUT2D eigenvalue weighted by molar-refractivity contribution is -0.137. The van der Waals surface area contributed by atoms with E-state index in [1.807, 2.05) is 31.0 Å². The van der Waals surface area contributed by atoms with E-state index >= 15 is 0 Å². The van der Waals surface area contributed by atoms with Gasteiger partial charge in [0, 0.05) is 38.8 Å². The van der Waals surface area contributed by atoms with E-state index in [9.17, 15) is 13.2 Å². The van der Waals surface area contributed by atoms with Gasteiger partial charge in [0.05, 0.1) is 10.8 Å². The number of rotatable bonds is 5. The van der Waals surface area contributed by atoms with Gasteiger partial charge in [-0.05, 0) is 50.7 Å². The second-order valence-corrected chi connectivity index (χ2v) is 11.4. The number of benzene rings is 1. The summed E-state index contributed by atoms with van der Waals surface area (Å²) < 4.78 is 27.6. The predicted octanol–water partition coefficient (Wildman–Crippen LogP) is 2.28. The zero-order valence-corrected chi connectivity index (χ0v) is 19.5. The van der Waals surface area contributed by atoms with Crippen LogP contribution >= 0.6 is 0 Å². The third-order valence-corrected chi connectivity index (χ3v) is 9.39. The zero-order valence-electron chi connectivity index (χ0n) is 18.7. The number of hydrazine groups is 1. The van der Waals surface area contributed by atoms with Gasteiger partial charge in [0.2, 0.25) is 15.9 Å². The minimum Gasteiger partial charge on any atom is -0.342 e. The number of sulfonamides is 1. The molecule has 3 fully saturated rings. The Hall–Kier alpha value is -1.48. The van der Waals surface area contributed by atoms with Crippen molar-refractivity contribution in [1.82, 2.24) is 20.1 Å². The van der Waals surface area contributed by atoms with E-state index in [4.69, 9.17) is 0 Å². The average molecular weight is 449 g/mol. The number of amides is 1. The summed E-state index contributed by atoms with van der Waals surface area (Å²) in [5.74, 6) is 0.425. The van der Waals surface area contributed by atoms with Crippen LogP contribution < -0.4 is 10.9 Å². The number of hydrogen-bond acceptors (Lipinski definition) is 5. The number of hydrogen-bond donors (Lipinski definition) is 2. The van der Waals surface area contributed by atoms with E-state index in [0.717, 1.165) is 31.2 Å². The molecule has 2 saturated heterocycles. The van der Waals surface area contributed by atoms with Crippen molar-refractivity contribution >= 4 is 15.9 Å². The highest BCUT2D eigenvalue weighted by Crippen LogP contribution is 2.31. The van der Waals surface area contributed by atoms with Crippen molar-refractivity contribution in [2.45, 2.75) is 68.8 Å². The third kappa shape index (κ3) is 4.82. The molecule has 0 spiro atoms. The van der Waals surface area contributed by atoms with Crippen molar-refractivity contribution < 1.29 is 13.2 Å². The Morgan fingerprint density at radius 1 is 1.03 bits per heavy atom. The topological polar surface area (TPSA) is 81.8 Å². The second-order valence-electron chi connectivity index (χ2n) is 9.45. The van der Waals surface area contributed by atoms with Crippen LogP contribution in [0.4, 0.5) is 0 Å². The molecule has 3 aliphatic rings. The Labute approximate surface area is 186 Å². The molecule has 0 aromatic heterocycles. The summed E-state index contributed by atoms with van der Waals surface area (Å²) in [6.45, 7) is 3.59. The number of nitrogens with zero attached hydrogens (tertiary/aromatic N) is 2. The Kier molecular flexibility index (Phi) is 7.01. The van der Waals surface area contributed by atoms with E-state index in [2.05, 4.69) is 10.9 Å². The van der Waals surface area contributed by atoms with Crippen LogP contribution in [0.15, 0.2) is 29.2 Å². The maximum Gasteiger partial charge on any atom is 0.243 e. The molecule has 2 aliphatic heterocycles. The van der Waals surface area contributed by atoms with Gasteiger partial charge in [-0.25, -0.2) is 8.42 Å². The molecule has 0 bridgehead atoms. The van der Waals surface area contributed by atoms with Crippen LogP contribution in [0.2, 0.25) is 0 Å². The molecule has 7 nitrogen and oxygen atoms in total. The first-order chi connectivity index (χ1) is 14.9. The van der Waals surface area contributed by atoms with Crippen LogP contribution in [0.25, 0.3) is 0 Å². The smallest absolute Gasteiger partial charge is 0.243 e. The third-order valence-electron chi connectivity index (χ3n) is 7.48. The van der Waals surface area contributed by atoms with E-state index in [1.54, 1.807) is 16.4 Å². The van der Waals surface area contributed by atoms with Gasteiger partial charge in [-0.1, -0.05) is 37.0 Å². The zero-order chi connectivity index (χ0) is 22.0. The Balaban J connectivity index is 1.37. The van der Waals surface area contributed by atoms with Gasteiger partial charge in [0.25, 0.3) is 0 Å². The van der Waals surface area contributed by atoms with E-state index in [-0.39, 0.29) is 23.8 Å². The number of nitrogens with one attached hydrogen (secondary N) is 2. The quantitative estimate of drug-likeness (QED) is 0.722. The van der Waals surface area contributed by atoms with Gasteiger partial charge in [-0.15, -0.1) is 0 Å². The lowest BCUT2D eigenvalue weighted by atomic mass is 9.82. The average Bonchev–Trinajstić information content (AvgIpc) is 3.29. The first-order valence-electron chi connectivity index (χ1n) is 11.7. The summed E-state index contributed by atoms with van der Waals surface area (Å²) in [5, 5.41) is 0. The fraction of sp³-hybridized carbons (Fsp3) is 0.696. The van der Waals surface area contributed by atoms with Crippen LogP contribution in [0, 0.1) is 18.8 Å². The van der Waals surface area contributed by atoms with Crippen molar-refractivity contribution in [3.8, 4) is 0 Å². The molecule has 2 atom stereocenters. The lowest BCUT2D eigenvalue weighted by Gasteiger charge is -2.38. The number of piperidine rings is 1. The number of aryl methyl sites for hydroxylation is 1. The van der Waals surface area contributed by atoms with Gasteiger partial charge in [-0.3, -0.25) is 15.6 Å². The molecule has 2 unspecified atom stereocenters. The van der Waals surface area contributed by atoms with E-state index in [1.165, 1.54) is 19.3 Å². The highest BCUT2D eigenvalue weighted by atomic mass is 32.2. The Bertz CT molecular complexity index is 859. The van der Waals surface area contributed by atoms with Gasteiger partial charge in [0.15, 0.2) is 0 Å². The van der Waals surface area contributed by atoms with E-state index in [0.29, 0.717) is 30.6 Å². The summed E-state index contributed by atoms with van der Waals surface area (Å²) >= 11 is 0. The van der Waals surface area contributed by atoms with Crippen LogP contribution in [0.3, 0.4) is 0 Å². The lowest BCUT2D eigenvalue weighted by Crippen LogP contribution is -2.50. The van der Waals surface area contributed by atoms with Gasteiger partial charge in [0.1, 0.15) is 0 Å². The molecule has 1 aromatic carbocycles. The Morgan fingerprint density at radius 3 is 2.32 bits per heavy atom. The fourth-order valence-corrected chi connectivity index (χ4v) is 6.92. The molecule has 8 heteroatoms. The molecular formula is C23H36N4O3S. The Morgan fingerprint density at radius 2 is 1.68 bits per heavy atom. The van der Waals surface area contributed by atoms with Crippen LogP contribution in [0.1, 0.15) is 50.5 Å². The van der Waals surface area contributed by atoms with Crippen LogP contribution in [-0.2, 0) is 14.8 Å². The van der Waals surface area contributed by atoms with Gasteiger partial charge in [-0.2, -0.15) is 4.31 Å².